The molecule has 0 radical (unpaired) electrons. The van der Waals surface area contributed by atoms with E-state index in [1.165, 1.54) is 6.07 Å². The molecule has 0 aliphatic carbocycles. The number of anilines is 1. The highest BCUT2D eigenvalue weighted by Crippen LogP contribution is 2.36. The number of amides is 1. The van der Waals surface area contributed by atoms with Gasteiger partial charge in [-0.25, -0.2) is 10.9 Å². The van der Waals surface area contributed by atoms with Gasteiger partial charge in [0.15, 0.2) is 6.61 Å². The maximum Gasteiger partial charge on any atom is 0.279 e. The van der Waals surface area contributed by atoms with Gasteiger partial charge in [0.05, 0.1) is 0 Å². The number of nitrogens with zero attached hydrogens (tertiary/aromatic N) is 1. The summed E-state index contributed by atoms with van der Waals surface area (Å²) in [5.74, 6) is 5.80. The number of aryl methyl sites for hydroxylation is 1. The van der Waals surface area contributed by atoms with Gasteiger partial charge in [0.1, 0.15) is 17.2 Å². The van der Waals surface area contributed by atoms with E-state index >= 15 is 0 Å². The van der Waals surface area contributed by atoms with Crippen molar-refractivity contribution in [1.29, 1.82) is 0 Å². The van der Waals surface area contributed by atoms with Gasteiger partial charge in [-0.15, -0.1) is 0 Å². The summed E-state index contributed by atoms with van der Waals surface area (Å²) in [5.41, 5.74) is 1.15. The zero-order chi connectivity index (χ0) is 10.3. The van der Waals surface area contributed by atoms with E-state index < -0.39 is 0 Å². The van der Waals surface area contributed by atoms with E-state index in [9.17, 15) is 9.90 Å². The van der Waals surface area contributed by atoms with Gasteiger partial charge in [-0.05, 0) is 18.6 Å². The van der Waals surface area contributed by atoms with E-state index in [4.69, 9.17) is 10.6 Å². The fraction of sp³-hybridized carbons (Fsp3) is 0.222. The molecular formula is C9H10N2O3. The minimum absolute atomic E-state index is 0.0604. The lowest BCUT2D eigenvalue weighted by Crippen LogP contribution is -2.43. The summed E-state index contributed by atoms with van der Waals surface area (Å²) in [6.07, 6.45) is 0. The predicted octanol–water partition coefficient (Wildman–Crippen LogP) is 0.300. The molecule has 14 heavy (non-hydrogen) atoms. The van der Waals surface area contributed by atoms with Crippen molar-refractivity contribution in [2.75, 3.05) is 11.6 Å². The smallest absolute Gasteiger partial charge is 0.279 e. The normalized spacial score (nSPS) is 15.0. The molecule has 0 saturated carbocycles. The summed E-state index contributed by atoms with van der Waals surface area (Å²) in [6, 6.07) is 2.96. The molecule has 1 aliphatic rings. The largest absolute Gasteiger partial charge is 0.508 e. The number of phenolic OH excluding ortho intramolecular Hbond substituents is 1. The lowest BCUT2D eigenvalue weighted by Gasteiger charge is -2.26. The molecule has 0 aromatic heterocycles. The maximum atomic E-state index is 11.2. The lowest BCUT2D eigenvalue weighted by molar-refractivity contribution is -0.121. The molecule has 0 saturated heterocycles. The summed E-state index contributed by atoms with van der Waals surface area (Å²) in [4.78, 5) is 11.2. The number of hydrazine groups is 1. The first-order valence-electron chi connectivity index (χ1n) is 4.13. The van der Waals surface area contributed by atoms with Crippen molar-refractivity contribution < 1.29 is 14.6 Å². The van der Waals surface area contributed by atoms with Crippen molar-refractivity contribution in [3.05, 3.63) is 17.7 Å². The van der Waals surface area contributed by atoms with Gasteiger partial charge in [0.25, 0.3) is 5.91 Å². The van der Waals surface area contributed by atoms with Crippen LogP contribution in [0, 0.1) is 6.92 Å². The lowest BCUT2D eigenvalue weighted by atomic mass is 10.1. The molecular weight excluding hydrogens is 184 g/mol. The van der Waals surface area contributed by atoms with Crippen molar-refractivity contribution in [2.24, 2.45) is 5.84 Å². The molecule has 1 aromatic rings. The Labute approximate surface area is 80.7 Å². The van der Waals surface area contributed by atoms with Crippen LogP contribution < -0.4 is 15.6 Å². The predicted molar refractivity (Wildman–Crippen MR) is 50.0 cm³/mol. The number of rotatable bonds is 0. The van der Waals surface area contributed by atoms with E-state index in [1.54, 1.807) is 13.0 Å². The Bertz CT molecular complexity index is 403. The number of nitrogens with two attached hydrogens (primary N) is 1. The van der Waals surface area contributed by atoms with Crippen molar-refractivity contribution in [2.45, 2.75) is 6.92 Å². The Hall–Kier alpha value is -1.75. The van der Waals surface area contributed by atoms with Crippen LogP contribution >= 0.6 is 0 Å². The molecule has 0 unspecified atom stereocenters. The molecule has 1 amide bonds. The van der Waals surface area contributed by atoms with Crippen LogP contribution in [0.15, 0.2) is 12.1 Å². The van der Waals surface area contributed by atoms with Gasteiger partial charge < -0.3 is 9.84 Å². The molecule has 1 aromatic carbocycles. The second-order valence-corrected chi connectivity index (χ2v) is 3.16. The Morgan fingerprint density at radius 1 is 1.57 bits per heavy atom. The Morgan fingerprint density at radius 2 is 2.29 bits per heavy atom. The van der Waals surface area contributed by atoms with Crippen molar-refractivity contribution >= 4 is 11.6 Å². The highest BCUT2D eigenvalue weighted by atomic mass is 16.5. The van der Waals surface area contributed by atoms with Crippen molar-refractivity contribution in [3.8, 4) is 11.5 Å². The minimum atomic E-state index is -0.331. The third-order valence-corrected chi connectivity index (χ3v) is 2.11. The monoisotopic (exact) mass is 194 g/mol. The van der Waals surface area contributed by atoms with E-state index in [0.29, 0.717) is 11.4 Å². The summed E-state index contributed by atoms with van der Waals surface area (Å²) in [6.45, 7) is 1.72. The molecule has 5 heteroatoms. The second kappa shape index (κ2) is 2.88. The van der Waals surface area contributed by atoms with Crippen LogP contribution in [0.25, 0.3) is 0 Å². The first kappa shape index (κ1) is 8.83. The molecule has 1 heterocycles. The molecule has 74 valence electrons. The minimum Gasteiger partial charge on any atom is -0.508 e. The highest BCUT2D eigenvalue weighted by molar-refractivity contribution is 5.97. The highest BCUT2D eigenvalue weighted by Gasteiger charge is 2.24. The molecule has 0 bridgehead atoms. The third kappa shape index (κ3) is 1.18. The van der Waals surface area contributed by atoms with E-state index in [2.05, 4.69) is 0 Å². The second-order valence-electron chi connectivity index (χ2n) is 3.16. The van der Waals surface area contributed by atoms with Crippen LogP contribution in [0.1, 0.15) is 5.56 Å². The summed E-state index contributed by atoms with van der Waals surface area (Å²) < 4.78 is 5.21. The first-order valence-corrected chi connectivity index (χ1v) is 4.13. The number of carbonyl (C=O) groups excluding carboxylic acids is 1. The van der Waals surface area contributed by atoms with Crippen molar-refractivity contribution in [1.82, 2.24) is 0 Å². The van der Waals surface area contributed by atoms with Gasteiger partial charge in [-0.1, -0.05) is 0 Å². The van der Waals surface area contributed by atoms with Gasteiger partial charge in [-0.2, -0.15) is 0 Å². The average molecular weight is 194 g/mol. The Kier molecular flexibility index (Phi) is 1.82. The topological polar surface area (TPSA) is 75.8 Å². The molecule has 2 rings (SSSR count). The first-order chi connectivity index (χ1) is 6.59. The zero-order valence-corrected chi connectivity index (χ0v) is 7.65. The number of hydrogen-bond acceptors (Lipinski definition) is 4. The number of aromatic hydroxyl groups is 1. The number of phenols is 1. The van der Waals surface area contributed by atoms with Gasteiger partial charge >= 0.3 is 0 Å². The van der Waals surface area contributed by atoms with Crippen molar-refractivity contribution in [3.63, 3.8) is 0 Å². The summed E-state index contributed by atoms with van der Waals surface area (Å²) >= 11 is 0. The van der Waals surface area contributed by atoms with Crippen LogP contribution in [-0.2, 0) is 4.79 Å². The van der Waals surface area contributed by atoms with E-state index in [1.807, 2.05) is 0 Å². The molecule has 0 atom stereocenters. The number of carbonyl (C=O) groups is 1. The van der Waals surface area contributed by atoms with Crippen LogP contribution in [0.3, 0.4) is 0 Å². The SMILES string of the molecule is Cc1cc(O)cc2c1OCC(=O)N2N. The Balaban J connectivity index is 2.59. The fourth-order valence-electron chi connectivity index (χ4n) is 1.44. The number of benzene rings is 1. The number of fused-ring (bicyclic) bond motifs is 1. The van der Waals surface area contributed by atoms with Crippen LogP contribution in [-0.4, -0.2) is 17.6 Å². The van der Waals surface area contributed by atoms with E-state index in [-0.39, 0.29) is 18.3 Å². The molecule has 0 fully saturated rings. The van der Waals surface area contributed by atoms with Gasteiger partial charge in [0.2, 0.25) is 0 Å². The van der Waals surface area contributed by atoms with Gasteiger partial charge in [0, 0.05) is 6.07 Å². The fourth-order valence-corrected chi connectivity index (χ4v) is 1.44. The zero-order valence-electron chi connectivity index (χ0n) is 7.65. The molecule has 5 nitrogen and oxygen atoms in total. The number of ether oxygens (including phenoxy) is 1. The van der Waals surface area contributed by atoms with Crippen LogP contribution in [0.4, 0.5) is 5.69 Å². The third-order valence-electron chi connectivity index (χ3n) is 2.11. The standard InChI is InChI=1S/C9H10N2O3/c1-5-2-6(12)3-7-9(5)14-4-8(13)11(7)10/h2-3,12H,4,10H2,1H3. The van der Waals surface area contributed by atoms with Gasteiger partial charge in [-0.3, -0.25) is 4.79 Å². The molecule has 3 N–H and O–H groups in total. The summed E-state index contributed by atoms with van der Waals surface area (Å²) in [7, 11) is 0. The summed E-state index contributed by atoms with van der Waals surface area (Å²) in [5, 5.41) is 10.3. The maximum absolute atomic E-state index is 11.2. The van der Waals surface area contributed by atoms with Crippen LogP contribution in [0.2, 0.25) is 0 Å². The van der Waals surface area contributed by atoms with Crippen LogP contribution in [0.5, 0.6) is 11.5 Å². The molecule has 0 spiro atoms. The quantitative estimate of drug-likeness (QED) is 0.460. The number of hydrogen-bond donors (Lipinski definition) is 2. The average Bonchev–Trinajstić information content (AvgIpc) is 2.12. The Morgan fingerprint density at radius 3 is 3.00 bits per heavy atom. The molecule has 1 aliphatic heterocycles. The van der Waals surface area contributed by atoms with E-state index in [0.717, 1.165) is 10.6 Å².